The first-order chi connectivity index (χ1) is 6.99. The molecule has 0 amide bonds. The minimum Gasteiger partial charge on any atom is -0.306 e. The van der Waals surface area contributed by atoms with Gasteiger partial charge in [-0.3, -0.25) is 0 Å². The van der Waals surface area contributed by atoms with E-state index in [-0.39, 0.29) is 11.3 Å². The first-order valence-corrected chi connectivity index (χ1v) is 7.67. The maximum atomic E-state index is 11.4. The molecule has 1 aliphatic heterocycles. The average Bonchev–Trinajstić information content (AvgIpc) is 2.71. The van der Waals surface area contributed by atoms with Crippen molar-refractivity contribution in [2.75, 3.05) is 11.5 Å². The van der Waals surface area contributed by atoms with Crippen LogP contribution in [0.2, 0.25) is 0 Å². The third kappa shape index (κ3) is 2.80. The fourth-order valence-electron chi connectivity index (χ4n) is 1.86. The quantitative estimate of drug-likeness (QED) is 0.876. The van der Waals surface area contributed by atoms with Crippen LogP contribution in [0.3, 0.4) is 0 Å². The van der Waals surface area contributed by atoms with Gasteiger partial charge < -0.3 is 5.32 Å². The van der Waals surface area contributed by atoms with Crippen LogP contribution in [0.5, 0.6) is 0 Å². The Balaban J connectivity index is 1.95. The van der Waals surface area contributed by atoms with E-state index in [2.05, 4.69) is 11.4 Å². The van der Waals surface area contributed by atoms with Crippen LogP contribution in [-0.4, -0.2) is 25.5 Å². The molecule has 1 fully saturated rings. The van der Waals surface area contributed by atoms with Crippen LogP contribution in [0, 0.1) is 0 Å². The summed E-state index contributed by atoms with van der Waals surface area (Å²) in [5, 5.41) is 5.38. The lowest BCUT2D eigenvalue weighted by Gasteiger charge is -2.23. The Bertz CT molecular complexity index is 424. The van der Waals surface area contributed by atoms with Gasteiger partial charge in [-0.1, -0.05) is 6.07 Å². The molecule has 0 aromatic carbocycles. The van der Waals surface area contributed by atoms with Gasteiger partial charge >= 0.3 is 0 Å². The molecule has 0 aliphatic carbocycles. The second kappa shape index (κ2) is 3.88. The molecule has 0 saturated carbocycles. The Labute approximate surface area is 94.4 Å². The normalized spacial score (nSPS) is 29.4. The molecule has 0 spiro atoms. The third-order valence-electron chi connectivity index (χ3n) is 2.77. The highest BCUT2D eigenvalue weighted by molar-refractivity contribution is 7.91. The van der Waals surface area contributed by atoms with E-state index in [9.17, 15) is 8.42 Å². The summed E-state index contributed by atoms with van der Waals surface area (Å²) in [6.07, 6.45) is 0.723. The largest absolute Gasteiger partial charge is 0.306 e. The van der Waals surface area contributed by atoms with Crippen molar-refractivity contribution >= 4 is 21.2 Å². The van der Waals surface area contributed by atoms with Crippen molar-refractivity contribution in [2.45, 2.75) is 25.4 Å². The third-order valence-corrected chi connectivity index (χ3v) is 5.55. The topological polar surface area (TPSA) is 46.2 Å². The SMILES string of the molecule is CC1(NCc2cccs2)CCS(=O)(=O)C1. The molecule has 1 atom stereocenters. The van der Waals surface area contributed by atoms with Gasteiger partial charge in [-0.25, -0.2) is 8.42 Å². The lowest BCUT2D eigenvalue weighted by atomic mass is 10.0. The number of sulfone groups is 1. The standard InChI is InChI=1S/C10H15NO2S2/c1-10(4-6-15(12,13)8-10)11-7-9-3-2-5-14-9/h2-3,5,11H,4,6-8H2,1H3. The minimum absolute atomic E-state index is 0.233. The molecule has 1 aromatic heterocycles. The summed E-state index contributed by atoms with van der Waals surface area (Å²) < 4.78 is 22.7. The van der Waals surface area contributed by atoms with E-state index in [0.29, 0.717) is 5.75 Å². The Morgan fingerprint density at radius 2 is 2.40 bits per heavy atom. The number of hydrogen-bond acceptors (Lipinski definition) is 4. The van der Waals surface area contributed by atoms with Gasteiger partial charge in [0.25, 0.3) is 0 Å². The minimum atomic E-state index is -2.80. The monoisotopic (exact) mass is 245 g/mol. The van der Waals surface area contributed by atoms with Crippen LogP contribution in [0.25, 0.3) is 0 Å². The summed E-state index contributed by atoms with van der Waals surface area (Å²) in [6, 6.07) is 4.07. The van der Waals surface area contributed by atoms with E-state index < -0.39 is 9.84 Å². The van der Waals surface area contributed by atoms with Gasteiger partial charge in [0.05, 0.1) is 11.5 Å². The van der Waals surface area contributed by atoms with Crippen LogP contribution in [0.1, 0.15) is 18.2 Å². The highest BCUT2D eigenvalue weighted by Crippen LogP contribution is 2.23. The van der Waals surface area contributed by atoms with E-state index >= 15 is 0 Å². The summed E-state index contributed by atoms with van der Waals surface area (Å²) in [6.45, 7) is 2.76. The molecular weight excluding hydrogens is 230 g/mol. The summed E-state index contributed by atoms with van der Waals surface area (Å²) >= 11 is 1.69. The van der Waals surface area contributed by atoms with Crippen molar-refractivity contribution < 1.29 is 8.42 Å². The van der Waals surface area contributed by atoms with Crippen molar-refractivity contribution in [1.82, 2.24) is 5.32 Å². The summed E-state index contributed by atoms with van der Waals surface area (Å²) in [7, 11) is -2.80. The molecule has 5 heteroatoms. The number of rotatable bonds is 3. The van der Waals surface area contributed by atoms with Crippen LogP contribution < -0.4 is 5.32 Å². The molecule has 0 radical (unpaired) electrons. The molecule has 1 aromatic rings. The maximum absolute atomic E-state index is 11.4. The van der Waals surface area contributed by atoms with Gasteiger partial charge in [-0.15, -0.1) is 11.3 Å². The highest BCUT2D eigenvalue weighted by Gasteiger charge is 2.37. The number of hydrogen-bond donors (Lipinski definition) is 1. The van der Waals surface area contributed by atoms with Gasteiger partial charge in [0.1, 0.15) is 0 Å². The molecule has 2 heterocycles. The Hall–Kier alpha value is -0.390. The lowest BCUT2D eigenvalue weighted by molar-refractivity contribution is 0.397. The number of nitrogens with one attached hydrogen (secondary N) is 1. The van der Waals surface area contributed by atoms with Crippen LogP contribution in [0.15, 0.2) is 17.5 Å². The van der Waals surface area contributed by atoms with Gasteiger partial charge in [0.15, 0.2) is 9.84 Å². The molecular formula is C10H15NO2S2. The van der Waals surface area contributed by atoms with E-state index in [1.165, 1.54) is 4.88 Å². The van der Waals surface area contributed by atoms with Crippen LogP contribution in [0.4, 0.5) is 0 Å². The number of thiophene rings is 1. The molecule has 0 bridgehead atoms. The Morgan fingerprint density at radius 3 is 2.93 bits per heavy atom. The van der Waals surface area contributed by atoms with Crippen molar-refractivity contribution in [2.24, 2.45) is 0 Å². The zero-order valence-electron chi connectivity index (χ0n) is 8.69. The van der Waals surface area contributed by atoms with Crippen LogP contribution >= 0.6 is 11.3 Å². The Kier molecular flexibility index (Phi) is 2.87. The van der Waals surface area contributed by atoms with E-state index in [4.69, 9.17) is 0 Å². The summed E-state index contributed by atoms with van der Waals surface area (Å²) in [5.74, 6) is 0.590. The molecule has 1 aliphatic rings. The molecule has 1 N–H and O–H groups in total. The van der Waals surface area contributed by atoms with E-state index in [1.54, 1.807) is 11.3 Å². The molecule has 1 unspecified atom stereocenters. The van der Waals surface area contributed by atoms with Gasteiger partial charge in [0, 0.05) is 17.0 Å². The fourth-order valence-corrected chi connectivity index (χ4v) is 4.63. The van der Waals surface area contributed by atoms with Gasteiger partial charge in [-0.2, -0.15) is 0 Å². The zero-order chi connectivity index (χ0) is 10.9. The van der Waals surface area contributed by atoms with Crippen LogP contribution in [-0.2, 0) is 16.4 Å². The second-order valence-corrected chi connectivity index (χ2v) is 7.55. The van der Waals surface area contributed by atoms with E-state index in [0.717, 1.165) is 13.0 Å². The lowest BCUT2D eigenvalue weighted by Crippen LogP contribution is -2.42. The summed E-state index contributed by atoms with van der Waals surface area (Å²) in [4.78, 5) is 1.25. The smallest absolute Gasteiger partial charge is 0.152 e. The highest BCUT2D eigenvalue weighted by atomic mass is 32.2. The fraction of sp³-hybridized carbons (Fsp3) is 0.600. The molecule has 15 heavy (non-hydrogen) atoms. The predicted octanol–water partition coefficient (Wildman–Crippen LogP) is 1.41. The first kappa shape index (κ1) is 11.1. The predicted molar refractivity (Wildman–Crippen MR) is 62.8 cm³/mol. The molecule has 3 nitrogen and oxygen atoms in total. The maximum Gasteiger partial charge on any atom is 0.152 e. The molecule has 2 rings (SSSR count). The Morgan fingerprint density at radius 1 is 1.60 bits per heavy atom. The molecule has 1 saturated heterocycles. The summed E-state index contributed by atoms with van der Waals surface area (Å²) in [5.41, 5.74) is -0.233. The zero-order valence-corrected chi connectivity index (χ0v) is 10.3. The van der Waals surface area contributed by atoms with Gasteiger partial charge in [0.2, 0.25) is 0 Å². The average molecular weight is 245 g/mol. The second-order valence-electron chi connectivity index (χ2n) is 4.34. The molecule has 84 valence electrons. The van der Waals surface area contributed by atoms with Gasteiger partial charge in [-0.05, 0) is 24.8 Å². The van der Waals surface area contributed by atoms with Crippen molar-refractivity contribution in [3.05, 3.63) is 22.4 Å². The van der Waals surface area contributed by atoms with E-state index in [1.807, 2.05) is 18.4 Å². The van der Waals surface area contributed by atoms with Crippen molar-refractivity contribution in [1.29, 1.82) is 0 Å². The van der Waals surface area contributed by atoms with Crippen molar-refractivity contribution in [3.8, 4) is 0 Å². The van der Waals surface area contributed by atoms with Crippen molar-refractivity contribution in [3.63, 3.8) is 0 Å². The first-order valence-electron chi connectivity index (χ1n) is 4.97.